The van der Waals surface area contributed by atoms with E-state index in [4.69, 9.17) is 28.3 Å². The van der Waals surface area contributed by atoms with Gasteiger partial charge in [0.2, 0.25) is 0 Å². The van der Waals surface area contributed by atoms with Crippen LogP contribution in [0.2, 0.25) is 10.0 Å². The number of halogens is 3. The Morgan fingerprint density at radius 1 is 1.40 bits per heavy atom. The van der Waals surface area contributed by atoms with E-state index in [0.717, 1.165) is 5.56 Å². The zero-order valence-corrected chi connectivity index (χ0v) is 9.99. The molecule has 0 aliphatic heterocycles. The summed E-state index contributed by atoms with van der Waals surface area (Å²) in [6.45, 7) is 0.335. The van der Waals surface area contributed by atoms with Crippen molar-refractivity contribution in [2.24, 2.45) is 0 Å². The Hall–Kier alpha value is -0.480. The average molecular weight is 271 g/mol. The van der Waals surface area contributed by atoms with Crippen LogP contribution in [0.4, 0.5) is 0 Å². The molecule has 0 aliphatic carbocycles. The van der Waals surface area contributed by atoms with E-state index in [9.17, 15) is 4.79 Å². The van der Waals surface area contributed by atoms with Crippen molar-refractivity contribution in [1.29, 1.82) is 0 Å². The van der Waals surface area contributed by atoms with Gasteiger partial charge >= 0.3 is 5.97 Å². The summed E-state index contributed by atoms with van der Waals surface area (Å²) >= 11 is 11.6. The van der Waals surface area contributed by atoms with Gasteiger partial charge < -0.3 is 10.4 Å². The lowest BCUT2D eigenvalue weighted by atomic mass is 10.2. The lowest BCUT2D eigenvalue weighted by molar-refractivity contribution is -0.135. The Morgan fingerprint density at radius 3 is 2.60 bits per heavy atom. The highest BCUT2D eigenvalue weighted by molar-refractivity contribution is 6.35. The molecule has 0 aromatic heterocycles. The highest BCUT2D eigenvalue weighted by atomic mass is 35.5. The van der Waals surface area contributed by atoms with Crippen LogP contribution in [0, 0.1) is 0 Å². The quantitative estimate of drug-likeness (QED) is 0.884. The second-order valence-electron chi connectivity index (χ2n) is 2.73. The van der Waals surface area contributed by atoms with E-state index in [1.807, 2.05) is 0 Å². The summed E-state index contributed by atoms with van der Waals surface area (Å²) < 4.78 is 0. The van der Waals surface area contributed by atoms with E-state index >= 15 is 0 Å². The summed E-state index contributed by atoms with van der Waals surface area (Å²) in [4.78, 5) is 10.2. The fourth-order valence-electron chi connectivity index (χ4n) is 0.969. The highest BCUT2D eigenvalue weighted by Crippen LogP contribution is 2.20. The Labute approximate surface area is 104 Å². The number of hydrogen-bond donors (Lipinski definition) is 2. The standard InChI is InChI=1S/C9H9Cl2NO2.ClH/c10-7-2-1-6(8(11)3-7)4-12-5-9(13)14;/h1-3,12H,4-5H2,(H,13,14);1H. The normalized spacial score (nSPS) is 9.47. The molecule has 0 radical (unpaired) electrons. The molecule has 0 atom stereocenters. The van der Waals surface area contributed by atoms with Crippen molar-refractivity contribution in [3.05, 3.63) is 33.8 Å². The largest absolute Gasteiger partial charge is 0.480 e. The number of aliphatic carboxylic acids is 1. The predicted molar refractivity (Wildman–Crippen MR) is 63.1 cm³/mol. The Bertz CT molecular complexity index is 344. The smallest absolute Gasteiger partial charge is 0.317 e. The molecule has 0 saturated carbocycles. The van der Waals surface area contributed by atoms with Crippen LogP contribution in [0.3, 0.4) is 0 Å². The predicted octanol–water partition coefficient (Wildman–Crippen LogP) is 2.59. The van der Waals surface area contributed by atoms with E-state index in [0.29, 0.717) is 16.6 Å². The van der Waals surface area contributed by atoms with E-state index in [-0.39, 0.29) is 19.0 Å². The van der Waals surface area contributed by atoms with Crippen LogP contribution in [0.1, 0.15) is 5.56 Å². The van der Waals surface area contributed by atoms with Gasteiger partial charge in [-0.15, -0.1) is 12.4 Å². The molecule has 3 nitrogen and oxygen atoms in total. The summed E-state index contributed by atoms with van der Waals surface area (Å²) in [5.74, 6) is -0.893. The van der Waals surface area contributed by atoms with Crippen molar-refractivity contribution in [3.63, 3.8) is 0 Å². The third-order valence-electron chi connectivity index (χ3n) is 1.61. The molecule has 0 amide bonds. The number of benzene rings is 1. The number of carboxylic acid groups (broad SMARTS) is 1. The minimum atomic E-state index is -0.893. The van der Waals surface area contributed by atoms with Crippen LogP contribution in [-0.2, 0) is 11.3 Å². The molecule has 6 heteroatoms. The number of nitrogens with one attached hydrogen (secondary N) is 1. The summed E-state index contributed by atoms with van der Waals surface area (Å²) in [6.07, 6.45) is 0. The molecule has 1 rings (SSSR count). The molecule has 1 aromatic carbocycles. The summed E-state index contributed by atoms with van der Waals surface area (Å²) in [5.41, 5.74) is 0.831. The first kappa shape index (κ1) is 14.5. The fourth-order valence-corrected chi connectivity index (χ4v) is 1.44. The van der Waals surface area contributed by atoms with Crippen molar-refractivity contribution in [2.45, 2.75) is 6.54 Å². The van der Waals surface area contributed by atoms with Crippen molar-refractivity contribution in [3.8, 4) is 0 Å². The second-order valence-corrected chi connectivity index (χ2v) is 3.58. The molecule has 15 heavy (non-hydrogen) atoms. The van der Waals surface area contributed by atoms with Gasteiger partial charge in [0.15, 0.2) is 0 Å². The van der Waals surface area contributed by atoms with Gasteiger partial charge in [0, 0.05) is 16.6 Å². The van der Waals surface area contributed by atoms with Crippen LogP contribution in [0.5, 0.6) is 0 Å². The summed E-state index contributed by atoms with van der Waals surface area (Å²) in [5, 5.41) is 12.2. The third kappa shape index (κ3) is 5.23. The zero-order valence-electron chi connectivity index (χ0n) is 7.67. The van der Waals surface area contributed by atoms with Gasteiger partial charge in [-0.1, -0.05) is 29.3 Å². The molecule has 0 aliphatic rings. The zero-order chi connectivity index (χ0) is 10.6. The molecule has 0 saturated heterocycles. The minimum Gasteiger partial charge on any atom is -0.480 e. The summed E-state index contributed by atoms with van der Waals surface area (Å²) in [6, 6.07) is 5.10. The van der Waals surface area contributed by atoms with Crippen molar-refractivity contribution >= 4 is 41.6 Å². The first-order chi connectivity index (χ1) is 6.59. The van der Waals surface area contributed by atoms with E-state index in [2.05, 4.69) is 5.32 Å². The molecule has 0 heterocycles. The first-order valence-corrected chi connectivity index (χ1v) is 4.71. The lowest BCUT2D eigenvalue weighted by Gasteiger charge is -2.04. The molecule has 0 fully saturated rings. The Kier molecular flexibility index (Phi) is 6.68. The van der Waals surface area contributed by atoms with Gasteiger partial charge in [0.05, 0.1) is 6.54 Å². The van der Waals surface area contributed by atoms with Gasteiger partial charge in [-0.25, -0.2) is 0 Å². The Morgan fingerprint density at radius 2 is 2.07 bits per heavy atom. The molecule has 0 unspecified atom stereocenters. The van der Waals surface area contributed by atoms with Crippen LogP contribution < -0.4 is 5.32 Å². The topological polar surface area (TPSA) is 49.3 Å². The molecule has 0 spiro atoms. The summed E-state index contributed by atoms with van der Waals surface area (Å²) in [7, 11) is 0. The number of hydrogen-bond acceptors (Lipinski definition) is 2. The molecular formula is C9H10Cl3NO2. The van der Waals surface area contributed by atoms with Crippen LogP contribution in [0.25, 0.3) is 0 Å². The number of carbonyl (C=O) groups is 1. The molecule has 2 N–H and O–H groups in total. The van der Waals surface area contributed by atoms with Crippen molar-refractivity contribution in [1.82, 2.24) is 5.32 Å². The Balaban J connectivity index is 0.00000196. The van der Waals surface area contributed by atoms with Crippen molar-refractivity contribution in [2.75, 3.05) is 6.54 Å². The van der Waals surface area contributed by atoms with Crippen LogP contribution >= 0.6 is 35.6 Å². The average Bonchev–Trinajstić information content (AvgIpc) is 2.08. The fraction of sp³-hybridized carbons (Fsp3) is 0.222. The van der Waals surface area contributed by atoms with Crippen LogP contribution in [0.15, 0.2) is 18.2 Å². The van der Waals surface area contributed by atoms with Gasteiger partial charge in [0.1, 0.15) is 0 Å². The monoisotopic (exact) mass is 269 g/mol. The van der Waals surface area contributed by atoms with Gasteiger partial charge in [-0.05, 0) is 17.7 Å². The van der Waals surface area contributed by atoms with E-state index in [1.165, 1.54) is 0 Å². The molecule has 1 aromatic rings. The first-order valence-electron chi connectivity index (χ1n) is 3.96. The van der Waals surface area contributed by atoms with Gasteiger partial charge in [-0.3, -0.25) is 4.79 Å². The van der Waals surface area contributed by atoms with Gasteiger partial charge in [0.25, 0.3) is 0 Å². The maximum absolute atomic E-state index is 10.2. The number of carboxylic acids is 1. The van der Waals surface area contributed by atoms with E-state index in [1.54, 1.807) is 18.2 Å². The maximum atomic E-state index is 10.2. The third-order valence-corrected chi connectivity index (χ3v) is 2.19. The number of rotatable bonds is 4. The highest BCUT2D eigenvalue weighted by Gasteiger charge is 2.01. The maximum Gasteiger partial charge on any atom is 0.317 e. The molecule has 0 bridgehead atoms. The second kappa shape index (κ2) is 6.90. The van der Waals surface area contributed by atoms with E-state index < -0.39 is 5.97 Å². The minimum absolute atomic E-state index is 0. The van der Waals surface area contributed by atoms with Crippen LogP contribution in [-0.4, -0.2) is 17.6 Å². The molecular weight excluding hydrogens is 260 g/mol. The molecule has 84 valence electrons. The SMILES string of the molecule is Cl.O=C(O)CNCc1ccc(Cl)cc1Cl. The lowest BCUT2D eigenvalue weighted by Crippen LogP contribution is -2.21. The van der Waals surface area contributed by atoms with Crippen molar-refractivity contribution < 1.29 is 9.90 Å². The van der Waals surface area contributed by atoms with Gasteiger partial charge in [-0.2, -0.15) is 0 Å².